The summed E-state index contributed by atoms with van der Waals surface area (Å²) in [5, 5.41) is 9.26. The summed E-state index contributed by atoms with van der Waals surface area (Å²) in [6.07, 6.45) is 4.60. The van der Waals surface area contributed by atoms with E-state index in [9.17, 15) is 5.11 Å². The molecule has 0 saturated carbocycles. The van der Waals surface area contributed by atoms with Crippen molar-refractivity contribution < 1.29 is 9.84 Å². The Kier molecular flexibility index (Phi) is 2.65. The average Bonchev–Trinajstić information content (AvgIpc) is 1.88. The third kappa shape index (κ3) is 1.48. The van der Waals surface area contributed by atoms with Crippen LogP contribution in [0.5, 0.6) is 0 Å². The maximum absolute atomic E-state index is 9.26. The standard InChI is InChI=1S/C7H9BrO2/c1-10-7-5(8)3-2-4-6(7)9/h2-4,6-7,9H,1H3/t6-,7+/m0/s1. The summed E-state index contributed by atoms with van der Waals surface area (Å²) in [7, 11) is 1.57. The van der Waals surface area contributed by atoms with Crippen molar-refractivity contribution in [2.24, 2.45) is 0 Å². The predicted octanol–water partition coefficient (Wildman–Crippen LogP) is 1.21. The second-order valence-corrected chi connectivity index (χ2v) is 3.00. The maximum atomic E-state index is 9.26. The van der Waals surface area contributed by atoms with Gasteiger partial charge in [-0.1, -0.05) is 28.1 Å². The number of allylic oxidation sites excluding steroid dienone is 2. The molecule has 0 aliphatic heterocycles. The summed E-state index contributed by atoms with van der Waals surface area (Å²) in [5.41, 5.74) is 0. The molecule has 0 aromatic carbocycles. The van der Waals surface area contributed by atoms with Crippen LogP contribution in [0.3, 0.4) is 0 Å². The van der Waals surface area contributed by atoms with E-state index in [4.69, 9.17) is 4.74 Å². The van der Waals surface area contributed by atoms with Crippen LogP contribution in [0.15, 0.2) is 22.7 Å². The van der Waals surface area contributed by atoms with E-state index < -0.39 is 6.10 Å². The summed E-state index contributed by atoms with van der Waals surface area (Å²) in [5.74, 6) is 0. The smallest absolute Gasteiger partial charge is 0.118 e. The zero-order chi connectivity index (χ0) is 7.56. The minimum Gasteiger partial charge on any atom is -0.386 e. The molecule has 1 N–H and O–H groups in total. The van der Waals surface area contributed by atoms with E-state index in [0.717, 1.165) is 4.48 Å². The van der Waals surface area contributed by atoms with E-state index in [-0.39, 0.29) is 6.10 Å². The molecule has 0 heterocycles. The molecule has 0 fully saturated rings. The number of rotatable bonds is 1. The highest BCUT2D eigenvalue weighted by Crippen LogP contribution is 2.21. The van der Waals surface area contributed by atoms with Crippen molar-refractivity contribution in [2.75, 3.05) is 7.11 Å². The first-order valence-corrected chi connectivity index (χ1v) is 3.79. The van der Waals surface area contributed by atoms with Gasteiger partial charge in [0, 0.05) is 11.6 Å². The van der Waals surface area contributed by atoms with Crippen molar-refractivity contribution >= 4 is 15.9 Å². The van der Waals surface area contributed by atoms with Crippen LogP contribution in [0.2, 0.25) is 0 Å². The van der Waals surface area contributed by atoms with E-state index in [2.05, 4.69) is 15.9 Å². The number of aliphatic hydroxyl groups is 1. The fourth-order valence-corrected chi connectivity index (χ4v) is 1.48. The summed E-state index contributed by atoms with van der Waals surface area (Å²) >= 11 is 3.28. The molecule has 2 nitrogen and oxygen atoms in total. The Labute approximate surface area is 68.3 Å². The second-order valence-electron chi connectivity index (χ2n) is 2.08. The summed E-state index contributed by atoms with van der Waals surface area (Å²) in [6.45, 7) is 0. The maximum Gasteiger partial charge on any atom is 0.118 e. The van der Waals surface area contributed by atoms with E-state index in [0.29, 0.717) is 0 Å². The van der Waals surface area contributed by atoms with Gasteiger partial charge >= 0.3 is 0 Å². The Balaban J connectivity index is 2.71. The lowest BCUT2D eigenvalue weighted by Crippen LogP contribution is -2.27. The molecule has 1 rings (SSSR count). The molecule has 0 aromatic heterocycles. The zero-order valence-corrected chi connectivity index (χ0v) is 7.21. The monoisotopic (exact) mass is 204 g/mol. The van der Waals surface area contributed by atoms with E-state index in [1.165, 1.54) is 0 Å². The number of aliphatic hydroxyl groups excluding tert-OH is 1. The van der Waals surface area contributed by atoms with Gasteiger partial charge in [0.1, 0.15) is 12.2 Å². The van der Waals surface area contributed by atoms with Crippen LogP contribution in [0.4, 0.5) is 0 Å². The first-order valence-electron chi connectivity index (χ1n) is 3.00. The molecule has 0 unspecified atom stereocenters. The van der Waals surface area contributed by atoms with Crippen LogP contribution in [-0.4, -0.2) is 24.4 Å². The van der Waals surface area contributed by atoms with E-state index in [1.54, 1.807) is 19.3 Å². The molecule has 0 aromatic rings. The molecule has 0 amide bonds. The summed E-state index contributed by atoms with van der Waals surface area (Å²) in [6, 6.07) is 0. The zero-order valence-electron chi connectivity index (χ0n) is 5.62. The third-order valence-corrected chi connectivity index (χ3v) is 2.12. The van der Waals surface area contributed by atoms with Crippen LogP contribution in [0, 0.1) is 0 Å². The van der Waals surface area contributed by atoms with Gasteiger partial charge in [0.15, 0.2) is 0 Å². The molecule has 56 valence electrons. The third-order valence-electron chi connectivity index (χ3n) is 1.40. The number of hydrogen-bond acceptors (Lipinski definition) is 2. The Bertz CT molecular complexity index is 174. The van der Waals surface area contributed by atoms with Crippen molar-refractivity contribution in [1.82, 2.24) is 0 Å². The quantitative estimate of drug-likeness (QED) is 0.697. The molecular weight excluding hydrogens is 196 g/mol. The lowest BCUT2D eigenvalue weighted by Gasteiger charge is -2.20. The highest BCUT2D eigenvalue weighted by Gasteiger charge is 2.20. The van der Waals surface area contributed by atoms with Crippen molar-refractivity contribution in [1.29, 1.82) is 0 Å². The van der Waals surface area contributed by atoms with Crippen LogP contribution < -0.4 is 0 Å². The van der Waals surface area contributed by atoms with Gasteiger partial charge in [0.25, 0.3) is 0 Å². The molecular formula is C7H9BrO2. The van der Waals surface area contributed by atoms with Crippen molar-refractivity contribution in [2.45, 2.75) is 12.2 Å². The van der Waals surface area contributed by atoms with Gasteiger partial charge in [0.05, 0.1) is 0 Å². The van der Waals surface area contributed by atoms with Crippen LogP contribution in [0.25, 0.3) is 0 Å². The molecule has 3 heteroatoms. The predicted molar refractivity (Wildman–Crippen MR) is 43.0 cm³/mol. The number of hydrogen-bond donors (Lipinski definition) is 1. The summed E-state index contributed by atoms with van der Waals surface area (Å²) < 4.78 is 5.88. The molecule has 0 radical (unpaired) electrons. The van der Waals surface area contributed by atoms with E-state index >= 15 is 0 Å². The lowest BCUT2D eigenvalue weighted by molar-refractivity contribution is 0.0398. The largest absolute Gasteiger partial charge is 0.386 e. The minimum atomic E-state index is -0.524. The van der Waals surface area contributed by atoms with Gasteiger partial charge < -0.3 is 9.84 Å². The molecule has 10 heavy (non-hydrogen) atoms. The van der Waals surface area contributed by atoms with Crippen molar-refractivity contribution in [3.05, 3.63) is 22.7 Å². The van der Waals surface area contributed by atoms with Gasteiger partial charge in [-0.05, 0) is 6.08 Å². The Morgan fingerprint density at radius 3 is 2.80 bits per heavy atom. The highest BCUT2D eigenvalue weighted by molar-refractivity contribution is 9.11. The molecule has 2 atom stereocenters. The topological polar surface area (TPSA) is 29.5 Å². The number of halogens is 1. The number of methoxy groups -OCH3 is 1. The molecule has 0 bridgehead atoms. The van der Waals surface area contributed by atoms with E-state index in [1.807, 2.05) is 6.08 Å². The number of ether oxygens (including phenoxy) is 1. The van der Waals surface area contributed by atoms with Gasteiger partial charge in [-0.2, -0.15) is 0 Å². The molecule has 0 saturated heterocycles. The van der Waals surface area contributed by atoms with Crippen LogP contribution in [0.1, 0.15) is 0 Å². The molecule has 1 aliphatic carbocycles. The van der Waals surface area contributed by atoms with Gasteiger partial charge in [-0.25, -0.2) is 0 Å². The fourth-order valence-electron chi connectivity index (χ4n) is 0.872. The summed E-state index contributed by atoms with van der Waals surface area (Å²) in [4.78, 5) is 0. The highest BCUT2D eigenvalue weighted by atomic mass is 79.9. The molecule has 0 spiro atoms. The van der Waals surface area contributed by atoms with Crippen molar-refractivity contribution in [3.8, 4) is 0 Å². The van der Waals surface area contributed by atoms with Crippen LogP contribution >= 0.6 is 15.9 Å². The average molecular weight is 205 g/mol. The van der Waals surface area contributed by atoms with Gasteiger partial charge in [0.2, 0.25) is 0 Å². The lowest BCUT2D eigenvalue weighted by atomic mass is 10.1. The van der Waals surface area contributed by atoms with Crippen molar-refractivity contribution in [3.63, 3.8) is 0 Å². The Morgan fingerprint density at radius 2 is 2.40 bits per heavy atom. The SMILES string of the molecule is CO[C@@H]1C(Br)=CC=C[C@@H]1O. The minimum absolute atomic E-state index is 0.231. The van der Waals surface area contributed by atoms with Crippen LogP contribution in [-0.2, 0) is 4.74 Å². The first kappa shape index (κ1) is 7.98. The molecule has 1 aliphatic rings. The fraction of sp³-hybridized carbons (Fsp3) is 0.429. The normalized spacial score (nSPS) is 32.1. The Morgan fingerprint density at radius 1 is 1.70 bits per heavy atom. The first-order chi connectivity index (χ1) is 4.75. The Hall–Kier alpha value is -0.120. The van der Waals surface area contributed by atoms with Gasteiger partial charge in [-0.15, -0.1) is 0 Å². The second kappa shape index (κ2) is 3.32. The van der Waals surface area contributed by atoms with Gasteiger partial charge in [-0.3, -0.25) is 0 Å².